The minimum Gasteiger partial charge on any atom is -0.316 e. The summed E-state index contributed by atoms with van der Waals surface area (Å²) in [4.78, 5) is 0. The molecule has 0 aromatic rings. The van der Waals surface area contributed by atoms with Crippen LogP contribution in [-0.2, 0) is 0 Å². The van der Waals surface area contributed by atoms with Gasteiger partial charge in [0.05, 0.1) is 0 Å². The van der Waals surface area contributed by atoms with Gasteiger partial charge in [-0.3, -0.25) is 0 Å². The smallest absolute Gasteiger partial charge is 0.00178 e. The van der Waals surface area contributed by atoms with E-state index in [0.717, 1.165) is 17.8 Å². The summed E-state index contributed by atoms with van der Waals surface area (Å²) >= 11 is 0. The molecule has 0 spiro atoms. The third kappa shape index (κ3) is 3.83. The van der Waals surface area contributed by atoms with Crippen molar-refractivity contribution in [1.82, 2.24) is 5.32 Å². The Balaban J connectivity index is 2.04. The lowest BCUT2D eigenvalue weighted by atomic mass is 9.71. The van der Waals surface area contributed by atoms with Crippen molar-refractivity contribution in [3.63, 3.8) is 0 Å². The van der Waals surface area contributed by atoms with Crippen LogP contribution in [0.5, 0.6) is 0 Å². The van der Waals surface area contributed by atoms with Gasteiger partial charge in [0.25, 0.3) is 0 Å². The molecule has 0 heterocycles. The van der Waals surface area contributed by atoms with Crippen LogP contribution in [0.4, 0.5) is 0 Å². The maximum atomic E-state index is 3.79. The van der Waals surface area contributed by atoms with Crippen molar-refractivity contribution < 1.29 is 0 Å². The lowest BCUT2D eigenvalue weighted by Crippen LogP contribution is -2.36. The van der Waals surface area contributed by atoms with E-state index in [0.29, 0.717) is 0 Å². The highest BCUT2D eigenvalue weighted by molar-refractivity contribution is 4.84. The number of hydrogen-bond acceptors (Lipinski definition) is 1. The molecule has 82 valence electrons. The highest BCUT2D eigenvalue weighted by atomic mass is 14.9. The van der Waals surface area contributed by atoms with Crippen LogP contribution in [0.15, 0.2) is 12.7 Å². The van der Waals surface area contributed by atoms with E-state index >= 15 is 0 Å². The Kier molecular flexibility index (Phi) is 5.24. The highest BCUT2D eigenvalue weighted by Gasteiger charge is 2.29. The van der Waals surface area contributed by atoms with Crippen LogP contribution < -0.4 is 5.32 Å². The van der Waals surface area contributed by atoms with Crippen molar-refractivity contribution in [3.8, 4) is 0 Å². The first-order chi connectivity index (χ1) is 6.74. The molecular formula is C13H25N. The van der Waals surface area contributed by atoms with Gasteiger partial charge in [0.2, 0.25) is 0 Å². The minimum atomic E-state index is 0.779. The van der Waals surface area contributed by atoms with E-state index in [-0.39, 0.29) is 0 Å². The first-order valence-electron chi connectivity index (χ1n) is 6.05. The second-order valence-corrected chi connectivity index (χ2v) is 5.02. The van der Waals surface area contributed by atoms with Crippen LogP contribution in [0.3, 0.4) is 0 Å². The average Bonchev–Trinajstić information content (AvgIpc) is 2.11. The molecule has 0 aromatic carbocycles. The molecule has 1 saturated carbocycles. The van der Waals surface area contributed by atoms with E-state index in [9.17, 15) is 0 Å². The van der Waals surface area contributed by atoms with Gasteiger partial charge in [0, 0.05) is 0 Å². The average molecular weight is 195 g/mol. The van der Waals surface area contributed by atoms with E-state index in [4.69, 9.17) is 0 Å². The van der Waals surface area contributed by atoms with Crippen LogP contribution in [0, 0.1) is 17.8 Å². The van der Waals surface area contributed by atoms with Gasteiger partial charge in [-0.05, 0) is 56.5 Å². The fourth-order valence-electron chi connectivity index (χ4n) is 2.18. The van der Waals surface area contributed by atoms with Gasteiger partial charge in [0.15, 0.2) is 0 Å². The van der Waals surface area contributed by atoms with Gasteiger partial charge < -0.3 is 5.32 Å². The molecule has 1 heteroatoms. The molecule has 0 radical (unpaired) electrons. The summed E-state index contributed by atoms with van der Waals surface area (Å²) in [7, 11) is 0. The zero-order chi connectivity index (χ0) is 10.4. The van der Waals surface area contributed by atoms with Crippen molar-refractivity contribution in [2.45, 2.75) is 39.5 Å². The molecule has 14 heavy (non-hydrogen) atoms. The van der Waals surface area contributed by atoms with E-state index in [2.05, 4.69) is 31.8 Å². The molecular weight excluding hydrogens is 170 g/mol. The number of nitrogens with one attached hydrogen (secondary N) is 1. The maximum absolute atomic E-state index is 3.79. The van der Waals surface area contributed by atoms with Gasteiger partial charge in [-0.1, -0.05) is 19.9 Å². The van der Waals surface area contributed by atoms with E-state index in [1.54, 1.807) is 0 Å². The first-order valence-corrected chi connectivity index (χ1v) is 6.05. The van der Waals surface area contributed by atoms with Crippen LogP contribution in [0.1, 0.15) is 39.5 Å². The maximum Gasteiger partial charge on any atom is -0.00178 e. The van der Waals surface area contributed by atoms with E-state index in [1.165, 1.54) is 38.8 Å². The molecule has 2 atom stereocenters. The van der Waals surface area contributed by atoms with Crippen LogP contribution >= 0.6 is 0 Å². The second kappa shape index (κ2) is 6.23. The topological polar surface area (TPSA) is 12.0 Å². The van der Waals surface area contributed by atoms with Crippen molar-refractivity contribution in [3.05, 3.63) is 12.7 Å². The standard InChI is InChI=1S/C13H25N/c1-4-5-6-12-7-8-13(12)10-14-9-11(2)3/h4,11-14H,1,5-10H2,2-3H3. The summed E-state index contributed by atoms with van der Waals surface area (Å²) in [5, 5.41) is 3.57. The molecule has 0 saturated heterocycles. The molecule has 1 aliphatic rings. The van der Waals surface area contributed by atoms with E-state index in [1.807, 2.05) is 0 Å². The Morgan fingerprint density at radius 1 is 1.36 bits per heavy atom. The lowest BCUT2D eigenvalue weighted by molar-refractivity contribution is 0.160. The predicted molar refractivity (Wildman–Crippen MR) is 63.4 cm³/mol. The largest absolute Gasteiger partial charge is 0.316 e. The Bertz CT molecular complexity index is 163. The monoisotopic (exact) mass is 195 g/mol. The van der Waals surface area contributed by atoms with Gasteiger partial charge in [0.1, 0.15) is 0 Å². The van der Waals surface area contributed by atoms with Crippen molar-refractivity contribution in [2.24, 2.45) is 17.8 Å². The van der Waals surface area contributed by atoms with Gasteiger partial charge in [-0.25, -0.2) is 0 Å². The molecule has 2 unspecified atom stereocenters. The summed E-state index contributed by atoms with van der Waals surface area (Å²) in [5.74, 6) is 2.71. The van der Waals surface area contributed by atoms with Crippen molar-refractivity contribution >= 4 is 0 Å². The Morgan fingerprint density at radius 2 is 2.07 bits per heavy atom. The molecule has 1 aliphatic carbocycles. The summed E-state index contributed by atoms with van der Waals surface area (Å²) in [6, 6.07) is 0. The molecule has 0 amide bonds. The third-order valence-electron chi connectivity index (χ3n) is 3.28. The van der Waals surface area contributed by atoms with Crippen LogP contribution in [-0.4, -0.2) is 13.1 Å². The molecule has 0 aromatic heterocycles. The summed E-state index contributed by atoms with van der Waals surface area (Å²) in [6.07, 6.45) is 7.49. The Hall–Kier alpha value is -0.300. The molecule has 1 N–H and O–H groups in total. The quantitative estimate of drug-likeness (QED) is 0.615. The third-order valence-corrected chi connectivity index (χ3v) is 3.28. The summed E-state index contributed by atoms with van der Waals surface area (Å²) < 4.78 is 0. The summed E-state index contributed by atoms with van der Waals surface area (Å²) in [5.41, 5.74) is 0. The zero-order valence-electron chi connectivity index (χ0n) is 9.76. The fraction of sp³-hybridized carbons (Fsp3) is 0.846. The highest BCUT2D eigenvalue weighted by Crippen LogP contribution is 2.37. The summed E-state index contributed by atoms with van der Waals surface area (Å²) in [6.45, 7) is 10.7. The first kappa shape index (κ1) is 11.8. The zero-order valence-corrected chi connectivity index (χ0v) is 9.76. The van der Waals surface area contributed by atoms with Crippen LogP contribution in [0.2, 0.25) is 0 Å². The molecule has 0 bridgehead atoms. The van der Waals surface area contributed by atoms with Gasteiger partial charge in [-0.2, -0.15) is 0 Å². The van der Waals surface area contributed by atoms with Crippen molar-refractivity contribution in [1.29, 1.82) is 0 Å². The molecule has 0 aliphatic heterocycles. The van der Waals surface area contributed by atoms with Gasteiger partial charge in [-0.15, -0.1) is 6.58 Å². The van der Waals surface area contributed by atoms with Crippen molar-refractivity contribution in [2.75, 3.05) is 13.1 Å². The fourth-order valence-corrected chi connectivity index (χ4v) is 2.18. The number of hydrogen-bond donors (Lipinski definition) is 1. The number of rotatable bonds is 7. The van der Waals surface area contributed by atoms with E-state index < -0.39 is 0 Å². The lowest BCUT2D eigenvalue weighted by Gasteiger charge is -2.37. The normalized spacial score (nSPS) is 26.2. The molecule has 1 fully saturated rings. The van der Waals surface area contributed by atoms with Crippen LogP contribution in [0.25, 0.3) is 0 Å². The Morgan fingerprint density at radius 3 is 2.57 bits per heavy atom. The second-order valence-electron chi connectivity index (χ2n) is 5.02. The Labute approximate surface area is 89.0 Å². The molecule has 1 nitrogen and oxygen atoms in total. The number of allylic oxidation sites excluding steroid dienone is 1. The molecule has 1 rings (SSSR count). The SMILES string of the molecule is C=CCCC1CCC1CNCC(C)C. The minimum absolute atomic E-state index is 0.779. The van der Waals surface area contributed by atoms with Gasteiger partial charge >= 0.3 is 0 Å². The predicted octanol–water partition coefficient (Wildman–Crippen LogP) is 3.22.